The molecule has 0 aliphatic carbocycles. The van der Waals surface area contributed by atoms with E-state index in [1.165, 1.54) is 30.1 Å². The number of nitriles is 1. The first-order chi connectivity index (χ1) is 22.7. The average molecular weight is 662 g/mol. The summed E-state index contributed by atoms with van der Waals surface area (Å²) < 4.78 is 46.9. The van der Waals surface area contributed by atoms with Gasteiger partial charge in [0.1, 0.15) is 17.3 Å². The first-order valence-electron chi connectivity index (χ1n) is 14.8. The SMILES string of the molecule is COc1cc(N2CC(C#Cc3cnn(C(C)(C)C(=O)Nc4ccc(C#N)c(C(F)(F)F)c4)c3)C2)ccc1C(=O)NC1CCC(=O)NC1=O. The lowest BCUT2D eigenvalue weighted by Crippen LogP contribution is -2.52. The van der Waals surface area contributed by atoms with Crippen LogP contribution in [0.5, 0.6) is 5.75 Å². The Morgan fingerprint density at radius 2 is 1.88 bits per heavy atom. The van der Waals surface area contributed by atoms with Crippen molar-refractivity contribution in [3.63, 3.8) is 0 Å². The Balaban J connectivity index is 1.18. The summed E-state index contributed by atoms with van der Waals surface area (Å²) in [6.45, 7) is 4.32. The van der Waals surface area contributed by atoms with Crippen molar-refractivity contribution in [3.05, 3.63) is 71.0 Å². The summed E-state index contributed by atoms with van der Waals surface area (Å²) in [5.41, 5.74) is -1.48. The third-order valence-corrected chi connectivity index (χ3v) is 8.06. The molecule has 0 spiro atoms. The van der Waals surface area contributed by atoms with Crippen LogP contribution in [0.3, 0.4) is 0 Å². The highest BCUT2D eigenvalue weighted by Gasteiger charge is 2.36. The zero-order chi connectivity index (χ0) is 34.8. The number of rotatable bonds is 7. The quantitative estimate of drug-likeness (QED) is 0.257. The van der Waals surface area contributed by atoms with E-state index in [1.807, 2.05) is 4.90 Å². The van der Waals surface area contributed by atoms with Gasteiger partial charge in [-0.2, -0.15) is 23.5 Å². The molecule has 1 unspecified atom stereocenters. The number of benzene rings is 2. The van der Waals surface area contributed by atoms with Crippen LogP contribution < -0.4 is 25.6 Å². The van der Waals surface area contributed by atoms with E-state index >= 15 is 0 Å². The maximum absolute atomic E-state index is 13.3. The Morgan fingerprint density at radius 1 is 1.12 bits per heavy atom. The predicted molar refractivity (Wildman–Crippen MR) is 166 cm³/mol. The van der Waals surface area contributed by atoms with Gasteiger partial charge < -0.3 is 20.3 Å². The van der Waals surface area contributed by atoms with Crippen LogP contribution in [-0.2, 0) is 26.1 Å². The molecule has 2 aliphatic rings. The minimum Gasteiger partial charge on any atom is -0.496 e. The number of methoxy groups -OCH3 is 1. The molecule has 1 atom stereocenters. The summed E-state index contributed by atoms with van der Waals surface area (Å²) in [5, 5.41) is 20.6. The number of carbonyl (C=O) groups is 4. The van der Waals surface area contributed by atoms with Gasteiger partial charge >= 0.3 is 6.18 Å². The molecular weight excluding hydrogens is 631 g/mol. The minimum atomic E-state index is -4.76. The molecule has 4 amide bonds. The largest absolute Gasteiger partial charge is 0.496 e. The van der Waals surface area contributed by atoms with Crippen LogP contribution in [0.2, 0.25) is 0 Å². The number of alkyl halides is 3. The number of halogens is 3. The summed E-state index contributed by atoms with van der Waals surface area (Å²) >= 11 is 0. The second kappa shape index (κ2) is 13.1. The smallest absolute Gasteiger partial charge is 0.417 e. The van der Waals surface area contributed by atoms with E-state index in [-0.39, 0.29) is 35.9 Å². The highest BCUT2D eigenvalue weighted by atomic mass is 19.4. The maximum Gasteiger partial charge on any atom is 0.417 e. The van der Waals surface area contributed by atoms with Crippen LogP contribution in [-0.4, -0.2) is 59.7 Å². The first-order valence-corrected chi connectivity index (χ1v) is 14.8. The second-order valence-electron chi connectivity index (χ2n) is 11.8. The molecule has 2 saturated heterocycles. The number of nitrogens with zero attached hydrogens (tertiary/aromatic N) is 4. The molecule has 5 rings (SSSR count). The van der Waals surface area contributed by atoms with Crippen molar-refractivity contribution in [3.8, 4) is 23.7 Å². The Kier molecular flexibility index (Phi) is 9.16. The lowest BCUT2D eigenvalue weighted by atomic mass is 9.99. The highest BCUT2D eigenvalue weighted by molar-refractivity contribution is 6.04. The normalized spacial score (nSPS) is 16.5. The van der Waals surface area contributed by atoms with E-state index in [0.717, 1.165) is 17.8 Å². The number of aromatic nitrogens is 2. The number of imide groups is 1. The molecule has 0 radical (unpaired) electrons. The van der Waals surface area contributed by atoms with Crippen LogP contribution >= 0.6 is 0 Å². The van der Waals surface area contributed by atoms with E-state index in [1.54, 1.807) is 38.2 Å². The van der Waals surface area contributed by atoms with Crippen molar-refractivity contribution in [2.75, 3.05) is 30.4 Å². The van der Waals surface area contributed by atoms with Crippen LogP contribution in [0, 0.1) is 29.1 Å². The van der Waals surface area contributed by atoms with Gasteiger partial charge in [-0.15, -0.1) is 0 Å². The third-order valence-electron chi connectivity index (χ3n) is 8.06. The first kappa shape index (κ1) is 33.5. The van der Waals surface area contributed by atoms with Gasteiger partial charge in [-0.3, -0.25) is 29.2 Å². The lowest BCUT2D eigenvalue weighted by molar-refractivity contribution is -0.138. The highest BCUT2D eigenvalue weighted by Crippen LogP contribution is 2.34. The predicted octanol–water partition coefficient (Wildman–Crippen LogP) is 3.18. The molecule has 48 heavy (non-hydrogen) atoms. The van der Waals surface area contributed by atoms with Crippen molar-refractivity contribution in [2.45, 2.75) is 44.4 Å². The van der Waals surface area contributed by atoms with Gasteiger partial charge in [0.2, 0.25) is 11.8 Å². The van der Waals surface area contributed by atoms with Crippen LogP contribution in [0.4, 0.5) is 24.5 Å². The number of nitrogens with one attached hydrogen (secondary N) is 3. The molecule has 3 N–H and O–H groups in total. The van der Waals surface area contributed by atoms with E-state index in [0.29, 0.717) is 24.4 Å². The summed E-state index contributed by atoms with van der Waals surface area (Å²) in [4.78, 5) is 51.3. The molecule has 3 aromatic rings. The van der Waals surface area contributed by atoms with Crippen LogP contribution in [0.1, 0.15) is 53.7 Å². The van der Waals surface area contributed by atoms with Gasteiger partial charge in [0.05, 0.1) is 47.5 Å². The fourth-order valence-electron chi connectivity index (χ4n) is 5.13. The van der Waals surface area contributed by atoms with Crippen molar-refractivity contribution in [1.82, 2.24) is 20.4 Å². The number of anilines is 2. The van der Waals surface area contributed by atoms with E-state index in [4.69, 9.17) is 10.00 Å². The average Bonchev–Trinajstić information content (AvgIpc) is 3.51. The van der Waals surface area contributed by atoms with Crippen molar-refractivity contribution >= 4 is 35.0 Å². The maximum atomic E-state index is 13.3. The van der Waals surface area contributed by atoms with E-state index in [9.17, 15) is 32.3 Å². The van der Waals surface area contributed by atoms with E-state index < -0.39 is 46.6 Å². The van der Waals surface area contributed by atoms with Crippen molar-refractivity contribution in [1.29, 1.82) is 5.26 Å². The fraction of sp³-hybridized carbons (Fsp3) is 0.333. The van der Waals surface area contributed by atoms with Gasteiger partial charge in [0.25, 0.3) is 11.8 Å². The number of amides is 4. The summed E-state index contributed by atoms with van der Waals surface area (Å²) in [6, 6.07) is 8.75. The molecule has 15 heteroatoms. The molecule has 2 aromatic carbocycles. The van der Waals surface area contributed by atoms with Gasteiger partial charge in [0, 0.05) is 43.1 Å². The molecule has 2 aliphatic heterocycles. The fourth-order valence-corrected chi connectivity index (χ4v) is 5.13. The summed E-state index contributed by atoms with van der Waals surface area (Å²) in [7, 11) is 1.44. The van der Waals surface area contributed by atoms with Crippen LogP contribution in [0.15, 0.2) is 48.8 Å². The minimum absolute atomic E-state index is 0.0189. The molecule has 0 saturated carbocycles. The second-order valence-corrected chi connectivity index (χ2v) is 11.8. The number of hydrogen-bond acceptors (Lipinski definition) is 8. The standard InChI is InChI=1S/C33H30F3N7O5/c1-32(2,31(47)39-22-7-6-21(14-37)25(12-22)33(34,35)36)43-18-19(15-38-43)4-5-20-16-42(17-20)23-8-9-24(27(13-23)48-3)29(45)40-26-10-11-28(44)41-30(26)46/h6-9,12-13,15,18,20,26H,10-11,16-17H2,1-3H3,(H,39,47)(H,40,45)(H,41,44,46). The Bertz CT molecular complexity index is 1900. The van der Waals surface area contributed by atoms with Gasteiger partial charge in [-0.05, 0) is 50.6 Å². The Morgan fingerprint density at radius 3 is 2.54 bits per heavy atom. The topological polar surface area (TPSA) is 158 Å². The molecular formula is C33H30F3N7O5. The molecule has 0 bridgehead atoms. The lowest BCUT2D eigenvalue weighted by Gasteiger charge is -2.38. The monoisotopic (exact) mass is 661 g/mol. The zero-order valence-corrected chi connectivity index (χ0v) is 26.1. The number of ether oxygens (including phenoxy) is 1. The molecule has 3 heterocycles. The number of piperidine rings is 1. The van der Waals surface area contributed by atoms with E-state index in [2.05, 4.69) is 32.9 Å². The number of carbonyl (C=O) groups excluding carboxylic acids is 4. The molecule has 1 aromatic heterocycles. The Labute approximate surface area is 273 Å². The van der Waals surface area contributed by atoms with Crippen LogP contribution in [0.25, 0.3) is 0 Å². The summed E-state index contributed by atoms with van der Waals surface area (Å²) in [5.74, 6) is 4.54. The summed E-state index contributed by atoms with van der Waals surface area (Å²) in [6.07, 6.45) is -1.33. The molecule has 248 valence electrons. The number of hydrogen-bond donors (Lipinski definition) is 3. The van der Waals surface area contributed by atoms with Gasteiger partial charge in [0.15, 0.2) is 0 Å². The van der Waals surface area contributed by atoms with Gasteiger partial charge in [-0.1, -0.05) is 11.8 Å². The van der Waals surface area contributed by atoms with Crippen molar-refractivity contribution < 1.29 is 37.1 Å². The van der Waals surface area contributed by atoms with Gasteiger partial charge in [-0.25, -0.2) is 0 Å². The Hall–Kier alpha value is -5.83. The zero-order valence-electron chi connectivity index (χ0n) is 26.1. The molecule has 2 fully saturated rings. The van der Waals surface area contributed by atoms with Crippen molar-refractivity contribution in [2.24, 2.45) is 5.92 Å². The molecule has 12 nitrogen and oxygen atoms in total. The third kappa shape index (κ3) is 7.10.